The molecule has 0 aliphatic carbocycles. The Kier molecular flexibility index (Phi) is 1.96. The molecule has 0 amide bonds. The van der Waals surface area contributed by atoms with Crippen molar-refractivity contribution in [3.05, 3.63) is 28.2 Å². The number of hydrogen-bond donors (Lipinski definition) is 1. The van der Waals surface area contributed by atoms with Crippen LogP contribution >= 0.6 is 23.2 Å². The molecule has 0 atom stereocenters. The van der Waals surface area contributed by atoms with E-state index in [1.807, 2.05) is 0 Å². The van der Waals surface area contributed by atoms with Crippen LogP contribution < -0.4 is 5.73 Å². The molecule has 3 heteroatoms. The average molecular weight is 163 g/mol. The summed E-state index contributed by atoms with van der Waals surface area (Å²) in [6.07, 6.45) is 0. The highest BCUT2D eigenvalue weighted by Crippen LogP contribution is 2.20. The zero-order chi connectivity index (χ0) is 6.85. The van der Waals surface area contributed by atoms with Gasteiger partial charge in [0.25, 0.3) is 0 Å². The van der Waals surface area contributed by atoms with Crippen molar-refractivity contribution in [1.29, 1.82) is 0 Å². The Morgan fingerprint density at radius 1 is 1.22 bits per heavy atom. The Bertz CT molecular complexity index is 222. The topological polar surface area (TPSA) is 27.6 Å². The molecule has 0 bridgehead atoms. The van der Waals surface area contributed by atoms with Gasteiger partial charge >= 0.3 is 0 Å². The fourth-order valence-corrected chi connectivity index (χ4v) is 0.856. The lowest BCUT2D eigenvalue weighted by molar-refractivity contribution is -0.254. The molecule has 9 heavy (non-hydrogen) atoms. The number of halogens is 2. The first-order chi connectivity index (χ1) is 4.20. The molecule has 0 aliphatic rings. The highest BCUT2D eigenvalue weighted by Gasteiger charge is 1.97. The van der Waals surface area contributed by atoms with Gasteiger partial charge in [-0.1, -0.05) is 23.2 Å². The number of hydrogen-bond acceptors (Lipinski definition) is 0. The summed E-state index contributed by atoms with van der Waals surface area (Å²) in [6, 6.07) is 5.19. The normalized spacial score (nSPS) is 9.67. The highest BCUT2D eigenvalue weighted by molar-refractivity contribution is 6.34. The highest BCUT2D eigenvalue weighted by atomic mass is 35.5. The molecule has 1 nitrogen and oxygen atoms in total. The third kappa shape index (κ3) is 1.58. The molecular formula is C6H6Cl2N+. The second kappa shape index (κ2) is 2.56. The second-order valence-electron chi connectivity index (χ2n) is 1.74. The zero-order valence-electron chi connectivity index (χ0n) is 4.70. The summed E-state index contributed by atoms with van der Waals surface area (Å²) in [4.78, 5) is 0. The van der Waals surface area contributed by atoms with Crippen LogP contribution in [0.2, 0.25) is 10.0 Å². The minimum absolute atomic E-state index is 0.652. The molecule has 0 aromatic heterocycles. The fraction of sp³-hybridized carbons (Fsp3) is 0. The average Bonchev–Trinajstić information content (AvgIpc) is 1.80. The standard InChI is InChI=1S/C6H5Cl2N/c7-4-1-2-5(8)6(9)3-4/h1-3H,9H2/p+1. The lowest BCUT2D eigenvalue weighted by Crippen LogP contribution is -2.40. The van der Waals surface area contributed by atoms with Crippen molar-refractivity contribution in [3.63, 3.8) is 0 Å². The van der Waals surface area contributed by atoms with E-state index in [2.05, 4.69) is 5.73 Å². The van der Waals surface area contributed by atoms with Crippen LogP contribution in [0.5, 0.6) is 0 Å². The molecule has 0 unspecified atom stereocenters. The molecule has 0 fully saturated rings. The Morgan fingerprint density at radius 2 is 1.89 bits per heavy atom. The predicted molar refractivity (Wildman–Crippen MR) is 39.0 cm³/mol. The Labute approximate surface area is 63.4 Å². The number of quaternary nitrogens is 1. The van der Waals surface area contributed by atoms with E-state index in [0.717, 1.165) is 5.69 Å². The van der Waals surface area contributed by atoms with Crippen molar-refractivity contribution < 1.29 is 5.73 Å². The molecule has 1 aromatic carbocycles. The van der Waals surface area contributed by atoms with E-state index in [9.17, 15) is 0 Å². The van der Waals surface area contributed by atoms with E-state index in [4.69, 9.17) is 23.2 Å². The van der Waals surface area contributed by atoms with Crippen LogP contribution in [0.4, 0.5) is 5.69 Å². The first-order valence-electron chi connectivity index (χ1n) is 2.47. The summed E-state index contributed by atoms with van der Waals surface area (Å²) >= 11 is 11.3. The van der Waals surface area contributed by atoms with Crippen LogP contribution in [-0.4, -0.2) is 0 Å². The summed E-state index contributed by atoms with van der Waals surface area (Å²) in [6.45, 7) is 0. The molecule has 1 aromatic rings. The lowest BCUT2D eigenvalue weighted by atomic mass is 10.3. The molecule has 0 saturated carbocycles. The SMILES string of the molecule is [NH3+]c1cc(Cl)ccc1Cl. The Balaban J connectivity index is 3.17. The van der Waals surface area contributed by atoms with E-state index in [1.165, 1.54) is 0 Å². The van der Waals surface area contributed by atoms with Crippen LogP contribution in [0.15, 0.2) is 18.2 Å². The second-order valence-corrected chi connectivity index (χ2v) is 2.58. The first-order valence-corrected chi connectivity index (χ1v) is 3.23. The maximum absolute atomic E-state index is 5.66. The van der Waals surface area contributed by atoms with Crippen molar-refractivity contribution in [3.8, 4) is 0 Å². The van der Waals surface area contributed by atoms with Gasteiger partial charge < -0.3 is 5.73 Å². The van der Waals surface area contributed by atoms with Gasteiger partial charge in [-0.05, 0) is 12.1 Å². The zero-order valence-corrected chi connectivity index (χ0v) is 6.21. The van der Waals surface area contributed by atoms with Gasteiger partial charge in [0.05, 0.1) is 0 Å². The Hall–Kier alpha value is -0.240. The minimum Gasteiger partial charge on any atom is -0.324 e. The number of rotatable bonds is 0. The summed E-state index contributed by atoms with van der Waals surface area (Å²) in [5.41, 5.74) is 4.43. The maximum atomic E-state index is 5.66. The van der Waals surface area contributed by atoms with E-state index in [0.29, 0.717) is 10.0 Å². The van der Waals surface area contributed by atoms with Crippen LogP contribution in [0.3, 0.4) is 0 Å². The number of benzene rings is 1. The van der Waals surface area contributed by atoms with Crippen molar-refractivity contribution >= 4 is 28.9 Å². The van der Waals surface area contributed by atoms with Crippen molar-refractivity contribution in [1.82, 2.24) is 0 Å². The van der Waals surface area contributed by atoms with Crippen LogP contribution in [-0.2, 0) is 0 Å². The largest absolute Gasteiger partial charge is 0.324 e. The van der Waals surface area contributed by atoms with Gasteiger partial charge in [0.15, 0.2) is 0 Å². The summed E-state index contributed by atoms with van der Waals surface area (Å²) in [5, 5.41) is 1.32. The molecular weight excluding hydrogens is 157 g/mol. The summed E-state index contributed by atoms with van der Waals surface area (Å²) in [7, 11) is 0. The van der Waals surface area contributed by atoms with Crippen molar-refractivity contribution in [2.75, 3.05) is 0 Å². The van der Waals surface area contributed by atoms with Crippen LogP contribution in [0, 0.1) is 0 Å². The maximum Gasteiger partial charge on any atom is 0.148 e. The van der Waals surface area contributed by atoms with Gasteiger partial charge in [-0.3, -0.25) is 0 Å². The van der Waals surface area contributed by atoms with E-state index in [-0.39, 0.29) is 0 Å². The lowest BCUT2D eigenvalue weighted by Gasteiger charge is -1.91. The Morgan fingerprint density at radius 3 is 2.33 bits per heavy atom. The van der Waals surface area contributed by atoms with Gasteiger partial charge in [0.1, 0.15) is 10.7 Å². The van der Waals surface area contributed by atoms with Crippen molar-refractivity contribution in [2.24, 2.45) is 0 Å². The third-order valence-corrected chi connectivity index (χ3v) is 1.61. The van der Waals surface area contributed by atoms with Gasteiger partial charge in [-0.25, -0.2) is 0 Å². The van der Waals surface area contributed by atoms with Gasteiger partial charge in [-0.2, -0.15) is 0 Å². The van der Waals surface area contributed by atoms with Crippen molar-refractivity contribution in [2.45, 2.75) is 0 Å². The first kappa shape index (κ1) is 6.87. The van der Waals surface area contributed by atoms with E-state index in [1.54, 1.807) is 18.2 Å². The monoisotopic (exact) mass is 162 g/mol. The summed E-state index contributed by atoms with van der Waals surface area (Å²) < 4.78 is 0. The smallest absolute Gasteiger partial charge is 0.148 e. The quantitative estimate of drug-likeness (QED) is 0.604. The van der Waals surface area contributed by atoms with E-state index < -0.39 is 0 Å². The summed E-state index contributed by atoms with van der Waals surface area (Å²) in [5.74, 6) is 0. The van der Waals surface area contributed by atoms with E-state index >= 15 is 0 Å². The molecule has 0 heterocycles. The van der Waals surface area contributed by atoms with Crippen LogP contribution in [0.1, 0.15) is 0 Å². The van der Waals surface area contributed by atoms with Gasteiger partial charge in [0, 0.05) is 11.1 Å². The minimum atomic E-state index is 0.652. The van der Waals surface area contributed by atoms with Crippen LogP contribution in [0.25, 0.3) is 0 Å². The molecule has 3 N–H and O–H groups in total. The third-order valence-electron chi connectivity index (χ3n) is 1.01. The fourth-order valence-electron chi connectivity index (χ4n) is 0.543. The molecule has 48 valence electrons. The molecule has 1 rings (SSSR count). The molecule has 0 aliphatic heterocycles. The molecule has 0 radical (unpaired) electrons. The van der Waals surface area contributed by atoms with Gasteiger partial charge in [0.2, 0.25) is 0 Å². The van der Waals surface area contributed by atoms with Gasteiger partial charge in [-0.15, -0.1) is 0 Å². The molecule has 0 saturated heterocycles. The molecule has 0 spiro atoms. The predicted octanol–water partition coefficient (Wildman–Crippen LogP) is 1.87.